The van der Waals surface area contributed by atoms with Crippen LogP contribution in [0.4, 0.5) is 11.4 Å². The molecule has 0 radical (unpaired) electrons. The van der Waals surface area contributed by atoms with Gasteiger partial charge in [0.2, 0.25) is 0 Å². The van der Waals surface area contributed by atoms with Gasteiger partial charge in [0, 0.05) is 17.3 Å². The van der Waals surface area contributed by atoms with Crippen molar-refractivity contribution in [3.8, 4) is 5.75 Å². The van der Waals surface area contributed by atoms with E-state index in [1.807, 2.05) is 25.1 Å². The zero-order valence-electron chi connectivity index (χ0n) is 13.9. The molecule has 2 rings (SSSR count). The predicted octanol–water partition coefficient (Wildman–Crippen LogP) is 3.87. The molecule has 0 aromatic heterocycles. The van der Waals surface area contributed by atoms with Crippen LogP contribution in [-0.4, -0.2) is 16.9 Å². The molecular weight excluding hydrogens is 308 g/mol. The number of amides is 1. The summed E-state index contributed by atoms with van der Waals surface area (Å²) in [4.78, 5) is 22.7. The van der Waals surface area contributed by atoms with Gasteiger partial charge in [-0.15, -0.1) is 0 Å². The van der Waals surface area contributed by atoms with Gasteiger partial charge in [-0.2, -0.15) is 0 Å². The van der Waals surface area contributed by atoms with E-state index in [1.54, 1.807) is 32.0 Å². The van der Waals surface area contributed by atoms with Crippen molar-refractivity contribution in [2.45, 2.75) is 33.3 Å². The van der Waals surface area contributed by atoms with Gasteiger partial charge < -0.3 is 10.1 Å². The van der Waals surface area contributed by atoms with Gasteiger partial charge in [0.15, 0.2) is 6.10 Å². The van der Waals surface area contributed by atoms with E-state index in [9.17, 15) is 14.9 Å². The van der Waals surface area contributed by atoms with Crippen LogP contribution in [0.3, 0.4) is 0 Å². The minimum atomic E-state index is -0.725. The van der Waals surface area contributed by atoms with Crippen LogP contribution in [0.2, 0.25) is 0 Å². The average Bonchev–Trinajstić information content (AvgIpc) is 2.56. The first kappa shape index (κ1) is 17.5. The molecule has 1 atom stereocenters. The first-order valence-corrected chi connectivity index (χ1v) is 7.72. The topological polar surface area (TPSA) is 81.5 Å². The number of anilines is 1. The van der Waals surface area contributed by atoms with Crippen LogP contribution in [0, 0.1) is 17.0 Å². The molecular formula is C18H20N2O4. The molecule has 0 aliphatic carbocycles. The SMILES string of the molecule is CCc1cccc(OC(C)C(=O)Nc2ccc(C)c([N+](=O)[O-])c2)c1. The normalized spacial score (nSPS) is 11.6. The van der Waals surface area contributed by atoms with Gasteiger partial charge in [-0.3, -0.25) is 14.9 Å². The summed E-state index contributed by atoms with van der Waals surface area (Å²) in [6, 6.07) is 12.1. The number of ether oxygens (including phenoxy) is 1. The van der Waals surface area contributed by atoms with E-state index < -0.39 is 11.0 Å². The third kappa shape index (κ3) is 4.32. The van der Waals surface area contributed by atoms with E-state index in [0.29, 0.717) is 17.0 Å². The van der Waals surface area contributed by atoms with Crippen molar-refractivity contribution in [1.29, 1.82) is 0 Å². The lowest BCUT2D eigenvalue weighted by Gasteiger charge is -2.15. The molecule has 1 N–H and O–H groups in total. The fourth-order valence-electron chi connectivity index (χ4n) is 2.22. The standard InChI is InChI=1S/C18H20N2O4/c1-4-14-6-5-7-16(10-14)24-13(3)18(21)19-15-9-8-12(2)17(11-15)20(22)23/h5-11,13H,4H2,1-3H3,(H,19,21). The monoisotopic (exact) mass is 328 g/mol. The Labute approximate surface area is 140 Å². The van der Waals surface area contributed by atoms with Crippen molar-refractivity contribution in [3.63, 3.8) is 0 Å². The Balaban J connectivity index is 2.06. The number of nitro benzene ring substituents is 1. The number of carbonyl (C=O) groups is 1. The first-order chi connectivity index (χ1) is 11.4. The molecule has 0 saturated heterocycles. The van der Waals surface area contributed by atoms with Gasteiger partial charge in [-0.05, 0) is 44.0 Å². The number of nitrogens with one attached hydrogen (secondary N) is 1. The number of nitro groups is 1. The van der Waals surface area contributed by atoms with E-state index in [0.717, 1.165) is 12.0 Å². The highest BCUT2D eigenvalue weighted by Gasteiger charge is 2.17. The molecule has 2 aromatic rings. The summed E-state index contributed by atoms with van der Waals surface area (Å²) in [6.45, 7) is 5.33. The van der Waals surface area contributed by atoms with Crippen LogP contribution in [-0.2, 0) is 11.2 Å². The van der Waals surface area contributed by atoms with Crippen LogP contribution in [0.15, 0.2) is 42.5 Å². The predicted molar refractivity (Wildman–Crippen MR) is 92.4 cm³/mol. The summed E-state index contributed by atoms with van der Waals surface area (Å²) in [5, 5.41) is 13.6. The van der Waals surface area contributed by atoms with E-state index in [2.05, 4.69) is 5.32 Å². The highest BCUT2D eigenvalue weighted by atomic mass is 16.6. The Bertz CT molecular complexity index is 758. The molecule has 0 bridgehead atoms. The van der Waals surface area contributed by atoms with E-state index in [1.165, 1.54) is 6.07 Å². The number of nitrogens with zero attached hydrogens (tertiary/aromatic N) is 1. The number of aryl methyl sites for hydroxylation is 2. The van der Waals surface area contributed by atoms with Crippen LogP contribution in [0.25, 0.3) is 0 Å². The second kappa shape index (κ2) is 7.59. The molecule has 1 unspecified atom stereocenters. The van der Waals surface area contributed by atoms with Crippen molar-refractivity contribution in [2.24, 2.45) is 0 Å². The van der Waals surface area contributed by atoms with Crippen LogP contribution >= 0.6 is 0 Å². The van der Waals surface area contributed by atoms with Gasteiger partial charge in [0.25, 0.3) is 11.6 Å². The second-order valence-corrected chi connectivity index (χ2v) is 5.51. The lowest BCUT2D eigenvalue weighted by molar-refractivity contribution is -0.385. The van der Waals surface area contributed by atoms with Crippen molar-refractivity contribution >= 4 is 17.3 Å². The molecule has 0 heterocycles. The van der Waals surface area contributed by atoms with E-state index in [4.69, 9.17) is 4.74 Å². The number of hydrogen-bond donors (Lipinski definition) is 1. The quantitative estimate of drug-likeness (QED) is 0.644. The summed E-state index contributed by atoms with van der Waals surface area (Å²) in [5.74, 6) is 0.252. The van der Waals surface area contributed by atoms with Crippen LogP contribution in [0.1, 0.15) is 25.0 Å². The van der Waals surface area contributed by atoms with Crippen LogP contribution in [0.5, 0.6) is 5.75 Å². The molecule has 0 saturated carbocycles. The Hall–Kier alpha value is -2.89. The summed E-state index contributed by atoms with van der Waals surface area (Å²) < 4.78 is 5.65. The lowest BCUT2D eigenvalue weighted by atomic mass is 10.1. The molecule has 2 aromatic carbocycles. The zero-order chi connectivity index (χ0) is 17.7. The first-order valence-electron chi connectivity index (χ1n) is 7.72. The number of hydrogen-bond acceptors (Lipinski definition) is 4. The van der Waals surface area contributed by atoms with Crippen molar-refractivity contribution in [2.75, 3.05) is 5.32 Å². The molecule has 1 amide bonds. The second-order valence-electron chi connectivity index (χ2n) is 5.51. The molecule has 0 aliphatic heterocycles. The minimum absolute atomic E-state index is 0.0305. The maximum atomic E-state index is 12.2. The summed E-state index contributed by atoms with van der Waals surface area (Å²) in [7, 11) is 0. The van der Waals surface area contributed by atoms with E-state index in [-0.39, 0.29) is 11.6 Å². The molecule has 126 valence electrons. The Morgan fingerprint density at radius 1 is 1.29 bits per heavy atom. The molecule has 6 heteroatoms. The molecule has 6 nitrogen and oxygen atoms in total. The maximum absolute atomic E-state index is 12.2. The largest absolute Gasteiger partial charge is 0.481 e. The van der Waals surface area contributed by atoms with Gasteiger partial charge in [0.05, 0.1) is 4.92 Å². The molecule has 0 fully saturated rings. The third-order valence-corrected chi connectivity index (χ3v) is 3.66. The average molecular weight is 328 g/mol. The third-order valence-electron chi connectivity index (χ3n) is 3.66. The van der Waals surface area contributed by atoms with Gasteiger partial charge in [-0.25, -0.2) is 0 Å². The number of benzene rings is 2. The van der Waals surface area contributed by atoms with Crippen molar-refractivity contribution in [3.05, 3.63) is 63.7 Å². The lowest BCUT2D eigenvalue weighted by Crippen LogP contribution is -2.30. The molecule has 0 spiro atoms. The summed E-state index contributed by atoms with van der Waals surface area (Å²) >= 11 is 0. The van der Waals surface area contributed by atoms with E-state index >= 15 is 0 Å². The Morgan fingerprint density at radius 2 is 2.04 bits per heavy atom. The Kier molecular flexibility index (Phi) is 5.52. The summed E-state index contributed by atoms with van der Waals surface area (Å²) in [6.07, 6.45) is 0.155. The maximum Gasteiger partial charge on any atom is 0.274 e. The highest BCUT2D eigenvalue weighted by Crippen LogP contribution is 2.23. The van der Waals surface area contributed by atoms with Crippen molar-refractivity contribution < 1.29 is 14.5 Å². The zero-order valence-corrected chi connectivity index (χ0v) is 13.9. The molecule has 0 aliphatic rings. The summed E-state index contributed by atoms with van der Waals surface area (Å²) in [5.41, 5.74) is 2.00. The smallest absolute Gasteiger partial charge is 0.274 e. The fraction of sp³-hybridized carbons (Fsp3) is 0.278. The van der Waals surface area contributed by atoms with Crippen molar-refractivity contribution in [1.82, 2.24) is 0 Å². The van der Waals surface area contributed by atoms with Crippen LogP contribution < -0.4 is 10.1 Å². The van der Waals surface area contributed by atoms with Gasteiger partial charge in [-0.1, -0.05) is 25.1 Å². The van der Waals surface area contributed by atoms with Gasteiger partial charge >= 0.3 is 0 Å². The minimum Gasteiger partial charge on any atom is -0.481 e. The Morgan fingerprint density at radius 3 is 2.71 bits per heavy atom. The highest BCUT2D eigenvalue weighted by molar-refractivity contribution is 5.94. The number of carbonyl (C=O) groups excluding carboxylic acids is 1. The fourth-order valence-corrected chi connectivity index (χ4v) is 2.22. The molecule has 24 heavy (non-hydrogen) atoms. The number of rotatable bonds is 6. The van der Waals surface area contributed by atoms with Gasteiger partial charge in [0.1, 0.15) is 5.75 Å².